The molecule has 5 heteroatoms. The highest BCUT2D eigenvalue weighted by Crippen LogP contribution is 2.30. The highest BCUT2D eigenvalue weighted by atomic mass is 79.9. The lowest BCUT2D eigenvalue weighted by Gasteiger charge is -2.19. The molecule has 0 saturated carbocycles. The number of benzene rings is 1. The normalized spacial score (nSPS) is 12.7. The Bertz CT molecular complexity index is 578. The molecule has 1 heterocycles. The molecule has 108 valence electrons. The van der Waals surface area contributed by atoms with Crippen LogP contribution in [0.15, 0.2) is 22.7 Å². The van der Waals surface area contributed by atoms with Gasteiger partial charge in [0.05, 0.1) is 10.7 Å². The molecule has 0 aliphatic rings. The van der Waals surface area contributed by atoms with Gasteiger partial charge in [-0.3, -0.25) is 0 Å². The summed E-state index contributed by atoms with van der Waals surface area (Å²) in [5.41, 5.74) is 2.32. The Labute approximate surface area is 137 Å². The fourth-order valence-corrected chi connectivity index (χ4v) is 3.80. The summed E-state index contributed by atoms with van der Waals surface area (Å²) in [6, 6.07) is 6.14. The summed E-state index contributed by atoms with van der Waals surface area (Å²) in [4.78, 5) is 5.93. The van der Waals surface area contributed by atoms with Gasteiger partial charge >= 0.3 is 0 Å². The number of hydrogen-bond donors (Lipinski definition) is 1. The van der Waals surface area contributed by atoms with Gasteiger partial charge in [-0.05, 0) is 44.2 Å². The molecule has 20 heavy (non-hydrogen) atoms. The summed E-state index contributed by atoms with van der Waals surface area (Å²) >= 11 is 11.5. The maximum atomic E-state index is 6.13. The molecule has 0 aliphatic heterocycles. The van der Waals surface area contributed by atoms with Crippen LogP contribution in [0.25, 0.3) is 0 Å². The summed E-state index contributed by atoms with van der Waals surface area (Å²) in [6.07, 6.45) is 0.881. The number of halogens is 2. The quantitative estimate of drug-likeness (QED) is 0.791. The van der Waals surface area contributed by atoms with Crippen LogP contribution in [0.3, 0.4) is 0 Å². The first kappa shape index (κ1) is 16.0. The highest BCUT2D eigenvalue weighted by Gasteiger charge is 2.17. The maximum absolute atomic E-state index is 6.13. The van der Waals surface area contributed by atoms with Crippen LogP contribution in [0.4, 0.5) is 0 Å². The number of aryl methyl sites for hydroxylation is 2. The van der Waals surface area contributed by atoms with Gasteiger partial charge in [0.2, 0.25) is 0 Å². The SMILES string of the molecule is CCNC(Cc1nc(C)c(C)s1)c1cc(Cl)ccc1Br. The van der Waals surface area contributed by atoms with E-state index in [2.05, 4.69) is 47.0 Å². The zero-order valence-electron chi connectivity index (χ0n) is 11.8. The maximum Gasteiger partial charge on any atom is 0.0949 e. The number of hydrogen-bond acceptors (Lipinski definition) is 3. The molecule has 0 fully saturated rings. The Morgan fingerprint density at radius 3 is 2.75 bits per heavy atom. The molecule has 2 rings (SSSR count). The Hall–Kier alpha value is -0.420. The topological polar surface area (TPSA) is 24.9 Å². The summed E-state index contributed by atoms with van der Waals surface area (Å²) in [6.45, 7) is 7.21. The van der Waals surface area contributed by atoms with Crippen LogP contribution in [-0.4, -0.2) is 11.5 Å². The number of aromatic nitrogens is 1. The Morgan fingerprint density at radius 2 is 2.15 bits per heavy atom. The van der Waals surface area contributed by atoms with Crippen molar-refractivity contribution < 1.29 is 0 Å². The van der Waals surface area contributed by atoms with Gasteiger partial charge in [0.25, 0.3) is 0 Å². The van der Waals surface area contributed by atoms with Crippen molar-refractivity contribution in [2.45, 2.75) is 33.2 Å². The highest BCUT2D eigenvalue weighted by molar-refractivity contribution is 9.10. The van der Waals surface area contributed by atoms with E-state index >= 15 is 0 Å². The minimum atomic E-state index is 0.220. The molecule has 1 atom stereocenters. The molecule has 1 aromatic carbocycles. The fraction of sp³-hybridized carbons (Fsp3) is 0.400. The summed E-state index contributed by atoms with van der Waals surface area (Å²) in [5, 5.41) is 5.45. The van der Waals surface area contributed by atoms with Crippen molar-refractivity contribution in [2.75, 3.05) is 6.54 Å². The van der Waals surface area contributed by atoms with Crippen LogP contribution < -0.4 is 5.32 Å². The van der Waals surface area contributed by atoms with Gasteiger partial charge in [0.1, 0.15) is 0 Å². The smallest absolute Gasteiger partial charge is 0.0949 e. The molecule has 1 unspecified atom stereocenters. The van der Waals surface area contributed by atoms with Crippen molar-refractivity contribution in [2.24, 2.45) is 0 Å². The van der Waals surface area contributed by atoms with E-state index in [0.717, 1.165) is 33.2 Å². The third kappa shape index (κ3) is 3.82. The number of likely N-dealkylation sites (N-methyl/N-ethyl adjacent to an activating group) is 1. The summed E-state index contributed by atoms with van der Waals surface area (Å²) < 4.78 is 1.08. The predicted octanol–water partition coefficient (Wildman–Crippen LogP) is 5.07. The predicted molar refractivity (Wildman–Crippen MR) is 90.9 cm³/mol. The zero-order valence-corrected chi connectivity index (χ0v) is 15.0. The van der Waals surface area contributed by atoms with Gasteiger partial charge < -0.3 is 5.32 Å². The van der Waals surface area contributed by atoms with Crippen molar-refractivity contribution in [1.29, 1.82) is 0 Å². The second kappa shape index (κ2) is 7.03. The van der Waals surface area contributed by atoms with E-state index in [1.807, 2.05) is 18.2 Å². The minimum Gasteiger partial charge on any atom is -0.310 e. The van der Waals surface area contributed by atoms with E-state index in [-0.39, 0.29) is 6.04 Å². The van der Waals surface area contributed by atoms with E-state index in [1.54, 1.807) is 11.3 Å². The first-order valence-electron chi connectivity index (χ1n) is 6.62. The molecular weight excluding hydrogens is 356 g/mol. The molecule has 0 spiro atoms. The fourth-order valence-electron chi connectivity index (χ4n) is 2.12. The van der Waals surface area contributed by atoms with Crippen LogP contribution in [-0.2, 0) is 6.42 Å². The Kier molecular flexibility index (Phi) is 5.61. The Balaban J connectivity index is 2.28. The standard InChI is InChI=1S/C15H18BrClN2S/c1-4-18-14(8-15-19-9(2)10(3)20-15)12-7-11(17)5-6-13(12)16/h5-7,14,18H,4,8H2,1-3H3. The second-order valence-corrected chi connectivity index (χ2v) is 7.31. The van der Waals surface area contributed by atoms with Gasteiger partial charge in [0, 0.05) is 26.8 Å². The molecule has 0 aliphatic carbocycles. The second-order valence-electron chi connectivity index (χ2n) is 4.73. The Morgan fingerprint density at radius 1 is 1.40 bits per heavy atom. The van der Waals surface area contributed by atoms with Gasteiger partial charge in [0.15, 0.2) is 0 Å². The van der Waals surface area contributed by atoms with Crippen LogP contribution in [0.1, 0.15) is 34.1 Å². The average Bonchev–Trinajstić information content (AvgIpc) is 2.71. The third-order valence-electron chi connectivity index (χ3n) is 3.24. The van der Waals surface area contributed by atoms with Crippen LogP contribution in [0, 0.1) is 13.8 Å². The lowest BCUT2D eigenvalue weighted by Crippen LogP contribution is -2.23. The minimum absolute atomic E-state index is 0.220. The molecule has 0 bridgehead atoms. The molecule has 1 N–H and O–H groups in total. The zero-order chi connectivity index (χ0) is 14.7. The first-order chi connectivity index (χ1) is 9.51. The number of nitrogens with zero attached hydrogens (tertiary/aromatic N) is 1. The third-order valence-corrected chi connectivity index (χ3v) is 5.29. The number of rotatable bonds is 5. The average molecular weight is 374 g/mol. The van der Waals surface area contributed by atoms with E-state index in [1.165, 1.54) is 10.4 Å². The van der Waals surface area contributed by atoms with E-state index in [0.29, 0.717) is 0 Å². The van der Waals surface area contributed by atoms with Gasteiger partial charge in [-0.1, -0.05) is 34.5 Å². The number of nitrogens with one attached hydrogen (secondary N) is 1. The first-order valence-corrected chi connectivity index (χ1v) is 8.61. The molecule has 2 nitrogen and oxygen atoms in total. The largest absolute Gasteiger partial charge is 0.310 e. The van der Waals surface area contributed by atoms with Gasteiger partial charge in [-0.15, -0.1) is 11.3 Å². The number of thiazole rings is 1. The molecule has 0 saturated heterocycles. The van der Waals surface area contributed by atoms with Crippen LogP contribution in [0.2, 0.25) is 5.02 Å². The van der Waals surface area contributed by atoms with Crippen LogP contribution >= 0.6 is 38.9 Å². The van der Waals surface area contributed by atoms with Gasteiger partial charge in [-0.2, -0.15) is 0 Å². The lowest BCUT2D eigenvalue weighted by atomic mass is 10.0. The van der Waals surface area contributed by atoms with Crippen molar-refractivity contribution in [1.82, 2.24) is 10.3 Å². The van der Waals surface area contributed by atoms with E-state index in [4.69, 9.17) is 11.6 Å². The van der Waals surface area contributed by atoms with E-state index < -0.39 is 0 Å². The lowest BCUT2D eigenvalue weighted by molar-refractivity contribution is 0.546. The molecule has 1 aromatic heterocycles. The van der Waals surface area contributed by atoms with Crippen molar-refractivity contribution in [3.05, 3.63) is 48.8 Å². The molecule has 0 radical (unpaired) electrons. The molecular formula is C15H18BrClN2S. The van der Waals surface area contributed by atoms with Crippen molar-refractivity contribution >= 4 is 38.9 Å². The molecule has 0 amide bonds. The van der Waals surface area contributed by atoms with Crippen molar-refractivity contribution in [3.8, 4) is 0 Å². The van der Waals surface area contributed by atoms with E-state index in [9.17, 15) is 0 Å². The van der Waals surface area contributed by atoms with Gasteiger partial charge in [-0.25, -0.2) is 4.98 Å². The monoisotopic (exact) mass is 372 g/mol. The molecule has 2 aromatic rings. The summed E-state index contributed by atoms with van der Waals surface area (Å²) in [5.74, 6) is 0. The van der Waals surface area contributed by atoms with Crippen LogP contribution in [0.5, 0.6) is 0 Å². The summed E-state index contributed by atoms with van der Waals surface area (Å²) in [7, 11) is 0. The van der Waals surface area contributed by atoms with Crippen molar-refractivity contribution in [3.63, 3.8) is 0 Å².